The summed E-state index contributed by atoms with van der Waals surface area (Å²) in [6, 6.07) is 8.39. The van der Waals surface area contributed by atoms with Gasteiger partial charge in [-0.25, -0.2) is 5.01 Å². The van der Waals surface area contributed by atoms with Gasteiger partial charge in [-0.2, -0.15) is 0 Å². The lowest BCUT2D eigenvalue weighted by Gasteiger charge is -2.41. The first kappa shape index (κ1) is 20.6. The van der Waals surface area contributed by atoms with Crippen LogP contribution in [0.15, 0.2) is 66.3 Å². The number of allylic oxidation sites excluding steroid dienone is 2. The first-order valence-electron chi connectivity index (χ1n) is 10.5. The van der Waals surface area contributed by atoms with Crippen molar-refractivity contribution in [2.45, 2.75) is 44.4 Å². The highest BCUT2D eigenvalue weighted by Crippen LogP contribution is 2.36. The highest BCUT2D eigenvalue weighted by Gasteiger charge is 2.52. The van der Waals surface area contributed by atoms with Crippen molar-refractivity contribution in [3.8, 4) is 0 Å². The van der Waals surface area contributed by atoms with Gasteiger partial charge in [0.25, 0.3) is 0 Å². The van der Waals surface area contributed by atoms with Crippen molar-refractivity contribution in [3.05, 3.63) is 66.3 Å². The fourth-order valence-electron chi connectivity index (χ4n) is 4.66. The Kier molecular flexibility index (Phi) is 5.62. The number of aliphatic hydroxyl groups is 1. The van der Waals surface area contributed by atoms with Gasteiger partial charge in [-0.3, -0.25) is 14.5 Å². The molecule has 0 aromatic heterocycles. The van der Waals surface area contributed by atoms with Crippen LogP contribution in [0.4, 0.5) is 5.69 Å². The number of hydrogen-bond acceptors (Lipinski definition) is 5. The molecule has 0 bridgehead atoms. The van der Waals surface area contributed by atoms with Gasteiger partial charge in [-0.1, -0.05) is 48.6 Å². The smallest absolute Gasteiger partial charge is 0.249 e. The van der Waals surface area contributed by atoms with Gasteiger partial charge in [0.1, 0.15) is 6.04 Å². The van der Waals surface area contributed by atoms with E-state index >= 15 is 0 Å². The topological polar surface area (TPSA) is 72.9 Å². The van der Waals surface area contributed by atoms with Crippen molar-refractivity contribution in [2.75, 3.05) is 12.5 Å². The molecule has 0 radical (unpaired) electrons. The van der Waals surface area contributed by atoms with Gasteiger partial charge in [0.2, 0.25) is 11.8 Å². The molecular weight excluding hydrogens is 378 g/mol. The van der Waals surface area contributed by atoms with Gasteiger partial charge >= 0.3 is 0 Å². The second-order valence-electron chi connectivity index (χ2n) is 8.51. The average Bonchev–Trinajstić information content (AvgIpc) is 2.98. The zero-order valence-corrected chi connectivity index (χ0v) is 17.5. The molecule has 0 spiro atoms. The van der Waals surface area contributed by atoms with Crippen molar-refractivity contribution >= 4 is 17.5 Å². The predicted octanol–water partition coefficient (Wildman–Crippen LogP) is 2.90. The Morgan fingerprint density at radius 3 is 2.57 bits per heavy atom. The second kappa shape index (κ2) is 8.20. The number of nitrogens with one attached hydrogen (secondary N) is 1. The quantitative estimate of drug-likeness (QED) is 0.580. The molecule has 30 heavy (non-hydrogen) atoms. The van der Waals surface area contributed by atoms with Crippen LogP contribution in [0.5, 0.6) is 0 Å². The number of hydrazine groups is 1. The molecule has 6 heteroatoms. The largest absolute Gasteiger partial charge is 0.387 e. The molecule has 2 N–H and O–H groups in total. The number of imide groups is 1. The van der Waals surface area contributed by atoms with Crippen LogP contribution in [0.3, 0.4) is 0 Å². The number of carbonyl (C=O) groups is 2. The summed E-state index contributed by atoms with van der Waals surface area (Å²) in [5, 5.41) is 13.0. The van der Waals surface area contributed by atoms with Crippen LogP contribution in [0, 0.1) is 11.8 Å². The standard InChI is InChI=1S/C24H29N3O3/c1-15(2)16-9-11-17(12-10-16)22(28)20-14-13-19-21(24(30)26(3)23(19)29)27(20)25-18-7-5-4-6-8-18/h4-8,11,13-14,16,19-22,25,28H,1,9-10,12H2,2-3H3/t16-,19?,20?,21?,22?/m1/s1. The Labute approximate surface area is 177 Å². The van der Waals surface area contributed by atoms with Crippen molar-refractivity contribution < 1.29 is 14.7 Å². The minimum atomic E-state index is -0.765. The number of nitrogens with zero attached hydrogens (tertiary/aromatic N) is 2. The number of benzene rings is 1. The number of anilines is 1. The SMILES string of the molecule is C=C(C)[C@@H]1CC=C(C(O)C2C=CC3C(=O)N(C)C(=O)C3N2Nc2ccccc2)CC1. The van der Waals surface area contributed by atoms with E-state index < -0.39 is 24.1 Å². The molecule has 158 valence electrons. The fourth-order valence-corrected chi connectivity index (χ4v) is 4.66. The van der Waals surface area contributed by atoms with Gasteiger partial charge in [-0.15, -0.1) is 0 Å². The van der Waals surface area contributed by atoms with E-state index in [-0.39, 0.29) is 11.8 Å². The predicted molar refractivity (Wildman–Crippen MR) is 116 cm³/mol. The highest BCUT2D eigenvalue weighted by molar-refractivity contribution is 6.08. The summed E-state index contributed by atoms with van der Waals surface area (Å²) in [6.45, 7) is 6.11. The third kappa shape index (κ3) is 3.61. The van der Waals surface area contributed by atoms with Crippen molar-refractivity contribution in [1.82, 2.24) is 9.91 Å². The lowest BCUT2D eigenvalue weighted by atomic mass is 9.81. The number of fused-ring (bicyclic) bond motifs is 1. The van der Waals surface area contributed by atoms with Crippen LogP contribution in [0.25, 0.3) is 0 Å². The second-order valence-corrected chi connectivity index (χ2v) is 8.51. The molecule has 2 aliphatic heterocycles. The number of hydrogen-bond donors (Lipinski definition) is 2. The van der Waals surface area contributed by atoms with E-state index in [0.717, 1.165) is 30.5 Å². The molecule has 4 unspecified atom stereocenters. The van der Waals surface area contributed by atoms with E-state index in [2.05, 4.69) is 25.0 Å². The Morgan fingerprint density at radius 2 is 1.93 bits per heavy atom. The monoisotopic (exact) mass is 407 g/mol. The summed E-state index contributed by atoms with van der Waals surface area (Å²) in [5.41, 5.74) is 6.26. The Hall–Kier alpha value is -2.70. The number of amides is 2. The maximum atomic E-state index is 12.9. The molecule has 6 nitrogen and oxygen atoms in total. The summed E-state index contributed by atoms with van der Waals surface area (Å²) in [4.78, 5) is 26.6. The molecule has 1 aliphatic carbocycles. The Morgan fingerprint density at radius 1 is 1.20 bits per heavy atom. The molecule has 0 saturated carbocycles. The lowest BCUT2D eigenvalue weighted by Crippen LogP contribution is -2.57. The number of carbonyl (C=O) groups excluding carboxylic acids is 2. The molecule has 1 saturated heterocycles. The molecule has 3 aliphatic rings. The summed E-state index contributed by atoms with van der Waals surface area (Å²) in [7, 11) is 1.52. The Balaban J connectivity index is 1.64. The molecule has 4 rings (SSSR count). The van der Waals surface area contributed by atoms with Crippen LogP contribution in [0.1, 0.15) is 26.2 Å². The summed E-state index contributed by atoms with van der Waals surface area (Å²) >= 11 is 0. The van der Waals surface area contributed by atoms with E-state index in [0.29, 0.717) is 5.92 Å². The van der Waals surface area contributed by atoms with Crippen molar-refractivity contribution in [2.24, 2.45) is 11.8 Å². The van der Waals surface area contributed by atoms with Crippen molar-refractivity contribution in [1.29, 1.82) is 0 Å². The van der Waals surface area contributed by atoms with Gasteiger partial charge in [0, 0.05) is 12.7 Å². The number of para-hydroxylation sites is 1. The number of aliphatic hydroxyl groups excluding tert-OH is 1. The number of rotatable bonds is 5. The number of likely N-dealkylation sites (tertiary alicyclic amines) is 1. The molecule has 1 fully saturated rings. The maximum absolute atomic E-state index is 12.9. The zero-order valence-electron chi connectivity index (χ0n) is 17.5. The molecule has 2 heterocycles. The van der Waals surface area contributed by atoms with Gasteiger partial charge in [0.05, 0.1) is 18.1 Å². The van der Waals surface area contributed by atoms with Gasteiger partial charge in [-0.05, 0) is 49.8 Å². The third-order valence-electron chi connectivity index (χ3n) is 6.55. The maximum Gasteiger partial charge on any atom is 0.249 e. The van der Waals surface area contributed by atoms with Gasteiger partial charge in [0.15, 0.2) is 0 Å². The van der Waals surface area contributed by atoms with Crippen LogP contribution < -0.4 is 5.43 Å². The normalized spacial score (nSPS) is 30.1. The molecule has 1 aromatic rings. The van der Waals surface area contributed by atoms with Crippen molar-refractivity contribution in [3.63, 3.8) is 0 Å². The van der Waals surface area contributed by atoms with Crippen LogP contribution >= 0.6 is 0 Å². The molecule has 2 amide bonds. The molecular formula is C24H29N3O3. The van der Waals surface area contributed by atoms with Crippen LogP contribution in [-0.4, -0.2) is 52.1 Å². The molecule has 1 aromatic carbocycles. The summed E-state index contributed by atoms with van der Waals surface area (Å²) in [6.07, 6.45) is 7.62. The fraction of sp³-hybridized carbons (Fsp3) is 0.417. The van der Waals surface area contributed by atoms with E-state index in [1.807, 2.05) is 36.4 Å². The van der Waals surface area contributed by atoms with Crippen LogP contribution in [-0.2, 0) is 9.59 Å². The average molecular weight is 408 g/mol. The summed E-state index contributed by atoms with van der Waals surface area (Å²) in [5.74, 6) is -0.561. The Bertz CT molecular complexity index is 908. The zero-order chi connectivity index (χ0) is 21.4. The highest BCUT2D eigenvalue weighted by atomic mass is 16.3. The minimum absolute atomic E-state index is 0.213. The van der Waals surface area contributed by atoms with E-state index in [4.69, 9.17) is 0 Å². The number of likely N-dealkylation sites (N-methyl/N-ethyl adjacent to an activating group) is 1. The van der Waals surface area contributed by atoms with E-state index in [1.54, 1.807) is 11.1 Å². The van der Waals surface area contributed by atoms with Gasteiger partial charge < -0.3 is 10.5 Å². The van der Waals surface area contributed by atoms with E-state index in [9.17, 15) is 14.7 Å². The first-order valence-corrected chi connectivity index (χ1v) is 10.5. The first-order chi connectivity index (χ1) is 14.4. The van der Waals surface area contributed by atoms with Crippen LogP contribution in [0.2, 0.25) is 0 Å². The van der Waals surface area contributed by atoms with E-state index in [1.165, 1.54) is 17.5 Å². The lowest BCUT2D eigenvalue weighted by molar-refractivity contribution is -0.138. The third-order valence-corrected chi connectivity index (χ3v) is 6.55. The summed E-state index contributed by atoms with van der Waals surface area (Å²) < 4.78 is 0. The molecule has 5 atom stereocenters. The minimum Gasteiger partial charge on any atom is -0.387 e.